The Bertz CT molecular complexity index is 848. The van der Waals surface area contributed by atoms with E-state index < -0.39 is 0 Å². The molecule has 0 unspecified atom stereocenters. The maximum atomic E-state index is 13.0. The first-order valence-corrected chi connectivity index (χ1v) is 10.4. The average molecular weight is 397 g/mol. The number of rotatable bonds is 6. The SMILES string of the molecule is CN1CCc2cc([C@@H](CNC(=O)NCc3ccc(F)cc3)N3CCCC3)ccc21. The number of benzene rings is 2. The van der Waals surface area contributed by atoms with Crippen molar-refractivity contribution in [3.8, 4) is 0 Å². The molecule has 1 fully saturated rings. The van der Waals surface area contributed by atoms with Crippen LogP contribution in [0.4, 0.5) is 14.9 Å². The molecule has 0 aliphatic carbocycles. The zero-order valence-corrected chi connectivity index (χ0v) is 17.0. The van der Waals surface area contributed by atoms with Crippen molar-refractivity contribution in [1.82, 2.24) is 15.5 Å². The summed E-state index contributed by atoms with van der Waals surface area (Å²) in [5.74, 6) is -0.271. The number of fused-ring (bicyclic) bond motifs is 1. The highest BCUT2D eigenvalue weighted by Crippen LogP contribution is 2.32. The van der Waals surface area contributed by atoms with Gasteiger partial charge in [-0.25, -0.2) is 9.18 Å². The number of likely N-dealkylation sites (tertiary alicyclic amines) is 1. The molecule has 29 heavy (non-hydrogen) atoms. The lowest BCUT2D eigenvalue weighted by Gasteiger charge is -2.29. The average Bonchev–Trinajstić information content (AvgIpc) is 3.38. The monoisotopic (exact) mass is 396 g/mol. The van der Waals surface area contributed by atoms with Crippen molar-refractivity contribution in [3.05, 3.63) is 65.0 Å². The van der Waals surface area contributed by atoms with Gasteiger partial charge in [-0.15, -0.1) is 0 Å². The Morgan fingerprint density at radius 1 is 1.07 bits per heavy atom. The molecule has 1 saturated heterocycles. The molecule has 0 radical (unpaired) electrons. The van der Waals surface area contributed by atoms with Gasteiger partial charge in [-0.2, -0.15) is 0 Å². The number of amides is 2. The lowest BCUT2D eigenvalue weighted by atomic mass is 10.0. The Morgan fingerprint density at radius 2 is 1.83 bits per heavy atom. The van der Waals surface area contributed by atoms with Crippen LogP contribution in [-0.4, -0.2) is 44.2 Å². The molecule has 5 nitrogen and oxygen atoms in total. The van der Waals surface area contributed by atoms with Crippen LogP contribution in [-0.2, 0) is 13.0 Å². The fourth-order valence-electron chi connectivity index (χ4n) is 4.34. The van der Waals surface area contributed by atoms with Crippen molar-refractivity contribution < 1.29 is 9.18 Å². The van der Waals surface area contributed by atoms with Crippen LogP contribution >= 0.6 is 0 Å². The van der Waals surface area contributed by atoms with Crippen molar-refractivity contribution in [2.24, 2.45) is 0 Å². The van der Waals surface area contributed by atoms with Crippen LogP contribution in [0.1, 0.15) is 35.6 Å². The molecule has 0 saturated carbocycles. The molecule has 2 aromatic rings. The number of nitrogens with one attached hydrogen (secondary N) is 2. The second kappa shape index (κ2) is 8.82. The summed E-state index contributed by atoms with van der Waals surface area (Å²) in [6.45, 7) is 4.16. The number of halogens is 1. The molecule has 4 rings (SSSR count). The smallest absolute Gasteiger partial charge is 0.315 e. The lowest BCUT2D eigenvalue weighted by molar-refractivity contribution is 0.220. The molecule has 6 heteroatoms. The van der Waals surface area contributed by atoms with Gasteiger partial charge in [0.15, 0.2) is 0 Å². The number of carbonyl (C=O) groups is 1. The number of nitrogens with zero attached hydrogens (tertiary/aromatic N) is 2. The summed E-state index contributed by atoms with van der Waals surface area (Å²) in [6.07, 6.45) is 3.50. The summed E-state index contributed by atoms with van der Waals surface area (Å²) >= 11 is 0. The third-order valence-corrected chi connectivity index (χ3v) is 6.02. The Labute approximate surface area is 171 Å². The summed E-state index contributed by atoms with van der Waals surface area (Å²) < 4.78 is 13.0. The van der Waals surface area contributed by atoms with Gasteiger partial charge in [0, 0.05) is 32.4 Å². The van der Waals surface area contributed by atoms with Crippen LogP contribution in [0.2, 0.25) is 0 Å². The van der Waals surface area contributed by atoms with Gasteiger partial charge in [0.1, 0.15) is 5.82 Å². The van der Waals surface area contributed by atoms with E-state index in [1.54, 1.807) is 12.1 Å². The maximum Gasteiger partial charge on any atom is 0.315 e. The van der Waals surface area contributed by atoms with Crippen molar-refractivity contribution in [2.45, 2.75) is 31.8 Å². The third-order valence-electron chi connectivity index (χ3n) is 6.02. The highest BCUT2D eigenvalue weighted by molar-refractivity contribution is 5.73. The highest BCUT2D eigenvalue weighted by atomic mass is 19.1. The number of carbonyl (C=O) groups excluding carboxylic acids is 1. The third kappa shape index (κ3) is 4.70. The van der Waals surface area contributed by atoms with Gasteiger partial charge in [-0.05, 0) is 67.2 Å². The standard InChI is InChI=1S/C23H29FN4O/c1-27-13-10-19-14-18(6-9-21(19)27)22(28-11-2-3-12-28)16-26-23(29)25-15-17-4-7-20(24)8-5-17/h4-9,14,22H,2-3,10-13,15-16H2,1H3,(H2,25,26,29)/t22-/m1/s1. The molecule has 2 aliphatic rings. The van der Waals surface area contributed by atoms with E-state index >= 15 is 0 Å². The molecule has 0 bridgehead atoms. The van der Waals surface area contributed by atoms with Gasteiger partial charge in [0.25, 0.3) is 0 Å². The minimum Gasteiger partial charge on any atom is -0.374 e. The summed E-state index contributed by atoms with van der Waals surface area (Å²) in [5.41, 5.74) is 4.87. The Balaban J connectivity index is 1.38. The Hall–Kier alpha value is -2.60. The van der Waals surface area contributed by atoms with Crippen LogP contribution in [0, 0.1) is 5.82 Å². The molecular weight excluding hydrogens is 367 g/mol. The first-order valence-electron chi connectivity index (χ1n) is 10.4. The topological polar surface area (TPSA) is 47.6 Å². The normalized spacial score (nSPS) is 17.2. The lowest BCUT2D eigenvalue weighted by Crippen LogP contribution is -2.41. The Kier molecular flexibility index (Phi) is 6.00. The van der Waals surface area contributed by atoms with E-state index in [9.17, 15) is 9.18 Å². The summed E-state index contributed by atoms with van der Waals surface area (Å²) in [5, 5.41) is 5.91. The van der Waals surface area contributed by atoms with Gasteiger partial charge < -0.3 is 15.5 Å². The number of hydrogen-bond acceptors (Lipinski definition) is 3. The largest absolute Gasteiger partial charge is 0.374 e. The zero-order chi connectivity index (χ0) is 20.2. The van der Waals surface area contributed by atoms with Crippen LogP contribution in [0.3, 0.4) is 0 Å². The van der Waals surface area contributed by atoms with E-state index in [0.29, 0.717) is 13.1 Å². The Morgan fingerprint density at radius 3 is 2.59 bits per heavy atom. The zero-order valence-electron chi connectivity index (χ0n) is 17.0. The highest BCUT2D eigenvalue weighted by Gasteiger charge is 2.26. The van der Waals surface area contributed by atoms with Gasteiger partial charge >= 0.3 is 6.03 Å². The van der Waals surface area contributed by atoms with Gasteiger partial charge in [-0.3, -0.25) is 4.90 Å². The molecule has 2 aromatic carbocycles. The fraction of sp³-hybridized carbons (Fsp3) is 0.435. The second-order valence-corrected chi connectivity index (χ2v) is 8.01. The maximum absolute atomic E-state index is 13.0. The number of anilines is 1. The van der Waals surface area contributed by atoms with Crippen LogP contribution in [0.5, 0.6) is 0 Å². The van der Waals surface area contributed by atoms with E-state index in [4.69, 9.17) is 0 Å². The second-order valence-electron chi connectivity index (χ2n) is 8.01. The van der Waals surface area contributed by atoms with Gasteiger partial charge in [0.05, 0.1) is 6.04 Å². The van der Waals surface area contributed by atoms with Crippen molar-refractivity contribution in [3.63, 3.8) is 0 Å². The fourth-order valence-corrected chi connectivity index (χ4v) is 4.34. The van der Waals surface area contributed by atoms with E-state index in [1.165, 1.54) is 41.8 Å². The molecule has 2 heterocycles. The van der Waals surface area contributed by atoms with Gasteiger partial charge in [-0.1, -0.05) is 24.3 Å². The summed E-state index contributed by atoms with van der Waals surface area (Å²) in [6, 6.07) is 12.9. The molecule has 2 N–H and O–H groups in total. The van der Waals surface area contributed by atoms with Crippen molar-refractivity contribution in [2.75, 3.05) is 38.1 Å². The molecule has 2 amide bonds. The van der Waals surface area contributed by atoms with E-state index in [0.717, 1.165) is 31.6 Å². The van der Waals surface area contributed by atoms with Crippen LogP contribution in [0.25, 0.3) is 0 Å². The number of urea groups is 1. The van der Waals surface area contributed by atoms with Gasteiger partial charge in [0.2, 0.25) is 0 Å². The van der Waals surface area contributed by atoms with Crippen molar-refractivity contribution in [1.29, 1.82) is 0 Å². The van der Waals surface area contributed by atoms with Crippen LogP contribution in [0.15, 0.2) is 42.5 Å². The first-order chi connectivity index (χ1) is 14.1. The minimum absolute atomic E-state index is 0.185. The summed E-state index contributed by atoms with van der Waals surface area (Å²) in [7, 11) is 2.14. The van der Waals surface area contributed by atoms with E-state index in [1.807, 2.05) is 0 Å². The van der Waals surface area contributed by atoms with E-state index in [-0.39, 0.29) is 17.9 Å². The number of likely N-dealkylation sites (N-methyl/N-ethyl adjacent to an activating group) is 1. The first kappa shape index (κ1) is 19.7. The van der Waals surface area contributed by atoms with Crippen molar-refractivity contribution >= 4 is 11.7 Å². The molecule has 1 atom stereocenters. The predicted molar refractivity (Wildman–Crippen MR) is 114 cm³/mol. The molecular formula is C23H29FN4O. The minimum atomic E-state index is -0.271. The predicted octanol–water partition coefficient (Wildman–Crippen LogP) is 3.45. The van der Waals surface area contributed by atoms with Crippen LogP contribution < -0.4 is 15.5 Å². The number of hydrogen-bond donors (Lipinski definition) is 2. The van der Waals surface area contributed by atoms with E-state index in [2.05, 4.69) is 45.7 Å². The molecule has 0 spiro atoms. The molecule has 0 aromatic heterocycles. The molecule has 2 aliphatic heterocycles. The summed E-state index contributed by atoms with van der Waals surface area (Å²) in [4.78, 5) is 17.1. The quantitative estimate of drug-likeness (QED) is 0.786. The molecule has 154 valence electrons.